The molecular formula is C13H14ClNO5S. The van der Waals surface area contributed by atoms with Gasteiger partial charge < -0.3 is 10.4 Å². The molecule has 6 nitrogen and oxygen atoms in total. The van der Waals surface area contributed by atoms with Crippen LogP contribution in [0.5, 0.6) is 0 Å². The molecular weight excluding hydrogens is 318 g/mol. The molecule has 1 heterocycles. The Balaban J connectivity index is 2.26. The highest BCUT2D eigenvalue weighted by Gasteiger charge is 2.35. The Labute approximate surface area is 127 Å². The van der Waals surface area contributed by atoms with E-state index >= 15 is 0 Å². The number of hydrogen-bond acceptors (Lipinski definition) is 4. The highest BCUT2D eigenvalue weighted by molar-refractivity contribution is 7.92. The number of halogens is 1. The topological polar surface area (TPSA) is 101 Å². The van der Waals surface area contributed by atoms with Crippen molar-refractivity contribution in [2.75, 3.05) is 11.1 Å². The van der Waals surface area contributed by atoms with Crippen molar-refractivity contribution >= 4 is 39.0 Å². The molecule has 2 rings (SSSR count). The van der Waals surface area contributed by atoms with E-state index in [4.69, 9.17) is 16.7 Å². The van der Waals surface area contributed by atoms with E-state index in [-0.39, 0.29) is 28.4 Å². The van der Waals surface area contributed by atoms with Crippen LogP contribution >= 0.6 is 11.6 Å². The molecule has 1 aliphatic rings. The molecule has 0 bridgehead atoms. The van der Waals surface area contributed by atoms with Gasteiger partial charge in [-0.1, -0.05) is 18.0 Å². The molecule has 8 heteroatoms. The number of hydrogen-bond donors (Lipinski definition) is 2. The minimum atomic E-state index is -3.47. The van der Waals surface area contributed by atoms with Crippen molar-refractivity contribution in [3.8, 4) is 0 Å². The van der Waals surface area contributed by atoms with E-state index in [0.717, 1.165) is 0 Å². The summed E-state index contributed by atoms with van der Waals surface area (Å²) >= 11 is 5.72. The summed E-state index contributed by atoms with van der Waals surface area (Å²) in [6.45, 7) is 0. The molecule has 1 aromatic carbocycles. The number of sulfone groups is 1. The van der Waals surface area contributed by atoms with Crippen molar-refractivity contribution in [3.05, 3.63) is 28.8 Å². The summed E-state index contributed by atoms with van der Waals surface area (Å²) in [6.07, 6.45) is 1.46. The van der Waals surface area contributed by atoms with Gasteiger partial charge in [-0.3, -0.25) is 4.79 Å². The zero-order valence-electron chi connectivity index (χ0n) is 11.0. The molecule has 114 valence electrons. The standard InChI is InChI=1S/C13H14ClNO5S/c14-8-4-5-10(9(7-8)13(17)18)15-12(16)11-3-1-2-6-21(11,19)20/h4-5,7,11H,1-3,6H2,(H,15,16)(H,17,18). The smallest absolute Gasteiger partial charge is 0.337 e. The molecule has 1 aliphatic heterocycles. The van der Waals surface area contributed by atoms with E-state index < -0.39 is 27.0 Å². The minimum absolute atomic E-state index is 0.0164. The Kier molecular flexibility index (Phi) is 4.53. The van der Waals surface area contributed by atoms with Crippen molar-refractivity contribution in [2.45, 2.75) is 24.5 Å². The largest absolute Gasteiger partial charge is 0.478 e. The average Bonchev–Trinajstić information content (AvgIpc) is 2.39. The molecule has 1 aromatic rings. The summed E-state index contributed by atoms with van der Waals surface area (Å²) < 4.78 is 23.8. The normalized spacial score (nSPS) is 20.7. The summed E-state index contributed by atoms with van der Waals surface area (Å²) in [4.78, 5) is 23.3. The molecule has 0 aromatic heterocycles. The van der Waals surface area contributed by atoms with E-state index in [2.05, 4.69) is 5.32 Å². The third-order valence-electron chi connectivity index (χ3n) is 3.34. The first-order valence-electron chi connectivity index (χ1n) is 6.36. The first-order valence-corrected chi connectivity index (χ1v) is 8.46. The monoisotopic (exact) mass is 331 g/mol. The lowest BCUT2D eigenvalue weighted by Crippen LogP contribution is -2.39. The summed E-state index contributed by atoms with van der Waals surface area (Å²) in [5.41, 5.74) is -0.137. The van der Waals surface area contributed by atoms with Crippen LogP contribution < -0.4 is 5.32 Å². The second kappa shape index (κ2) is 6.03. The quantitative estimate of drug-likeness (QED) is 0.881. The van der Waals surface area contributed by atoms with Crippen LogP contribution in [0.3, 0.4) is 0 Å². The van der Waals surface area contributed by atoms with Gasteiger partial charge in [-0.15, -0.1) is 0 Å². The Morgan fingerprint density at radius 3 is 2.62 bits per heavy atom. The van der Waals surface area contributed by atoms with E-state index in [1.165, 1.54) is 18.2 Å². The molecule has 0 aliphatic carbocycles. The Morgan fingerprint density at radius 2 is 2.00 bits per heavy atom. The van der Waals surface area contributed by atoms with Crippen LogP contribution in [0.25, 0.3) is 0 Å². The summed E-state index contributed by atoms with van der Waals surface area (Å²) in [7, 11) is -3.47. The first kappa shape index (κ1) is 15.8. The lowest BCUT2D eigenvalue weighted by atomic mass is 10.1. The van der Waals surface area contributed by atoms with Crippen LogP contribution in [0, 0.1) is 0 Å². The molecule has 0 saturated carbocycles. The first-order chi connectivity index (χ1) is 9.81. The third-order valence-corrected chi connectivity index (χ3v) is 5.75. The van der Waals surface area contributed by atoms with Crippen LogP contribution in [0.15, 0.2) is 18.2 Å². The van der Waals surface area contributed by atoms with Crippen molar-refractivity contribution in [1.82, 2.24) is 0 Å². The Morgan fingerprint density at radius 1 is 1.29 bits per heavy atom. The fourth-order valence-electron chi connectivity index (χ4n) is 2.26. The second-order valence-electron chi connectivity index (χ2n) is 4.84. The molecule has 1 fully saturated rings. The summed E-state index contributed by atoms with van der Waals surface area (Å²) in [5, 5.41) is 10.6. The number of carbonyl (C=O) groups is 2. The van der Waals surface area contributed by atoms with Crippen LogP contribution in [0.2, 0.25) is 5.02 Å². The van der Waals surface area contributed by atoms with Gasteiger partial charge in [-0.25, -0.2) is 13.2 Å². The van der Waals surface area contributed by atoms with E-state index in [1.54, 1.807) is 0 Å². The van der Waals surface area contributed by atoms with Crippen LogP contribution in [0.4, 0.5) is 5.69 Å². The number of rotatable bonds is 3. The molecule has 1 unspecified atom stereocenters. The maximum atomic E-state index is 12.1. The fraction of sp³-hybridized carbons (Fsp3) is 0.385. The number of carboxylic acids is 1. The maximum Gasteiger partial charge on any atom is 0.337 e. The van der Waals surface area contributed by atoms with Gasteiger partial charge in [0.25, 0.3) is 0 Å². The number of benzene rings is 1. The van der Waals surface area contributed by atoms with Crippen molar-refractivity contribution in [3.63, 3.8) is 0 Å². The van der Waals surface area contributed by atoms with Crippen molar-refractivity contribution in [1.29, 1.82) is 0 Å². The van der Waals surface area contributed by atoms with Crippen molar-refractivity contribution in [2.24, 2.45) is 0 Å². The molecule has 1 amide bonds. The lowest BCUT2D eigenvalue weighted by molar-refractivity contribution is -0.116. The number of nitrogens with one attached hydrogen (secondary N) is 1. The summed E-state index contributed by atoms with van der Waals surface area (Å²) in [5.74, 6) is -1.96. The van der Waals surface area contributed by atoms with Gasteiger partial charge >= 0.3 is 5.97 Å². The number of amides is 1. The van der Waals surface area contributed by atoms with Gasteiger partial charge in [0.05, 0.1) is 17.0 Å². The molecule has 1 saturated heterocycles. The predicted octanol–water partition coefficient (Wildman–Crippen LogP) is 1.94. The predicted molar refractivity (Wildman–Crippen MR) is 78.5 cm³/mol. The molecule has 1 atom stereocenters. The van der Waals surface area contributed by atoms with E-state index in [0.29, 0.717) is 12.8 Å². The fourth-order valence-corrected chi connectivity index (χ4v) is 4.24. The van der Waals surface area contributed by atoms with Gasteiger partial charge in [0, 0.05) is 5.02 Å². The van der Waals surface area contributed by atoms with E-state index in [9.17, 15) is 18.0 Å². The average molecular weight is 332 g/mol. The third kappa shape index (κ3) is 3.54. The van der Waals surface area contributed by atoms with Gasteiger partial charge in [0.2, 0.25) is 5.91 Å². The van der Waals surface area contributed by atoms with E-state index in [1.807, 2.05) is 0 Å². The molecule has 21 heavy (non-hydrogen) atoms. The highest BCUT2D eigenvalue weighted by atomic mass is 35.5. The van der Waals surface area contributed by atoms with Crippen LogP contribution in [-0.2, 0) is 14.6 Å². The van der Waals surface area contributed by atoms with Gasteiger partial charge in [-0.05, 0) is 31.0 Å². The number of aromatic carboxylic acids is 1. The SMILES string of the molecule is O=C(O)c1cc(Cl)ccc1NC(=O)C1CCCCS1(=O)=O. The lowest BCUT2D eigenvalue weighted by Gasteiger charge is -2.21. The molecule has 2 N–H and O–H groups in total. The minimum Gasteiger partial charge on any atom is -0.478 e. The molecule has 0 spiro atoms. The molecule has 0 radical (unpaired) electrons. The second-order valence-corrected chi connectivity index (χ2v) is 7.58. The van der Waals surface area contributed by atoms with Gasteiger partial charge in [-0.2, -0.15) is 0 Å². The highest BCUT2D eigenvalue weighted by Crippen LogP contribution is 2.24. The van der Waals surface area contributed by atoms with Gasteiger partial charge in [0.15, 0.2) is 9.84 Å². The van der Waals surface area contributed by atoms with Crippen molar-refractivity contribution < 1.29 is 23.1 Å². The Hall–Kier alpha value is -1.60. The zero-order chi connectivity index (χ0) is 15.6. The van der Waals surface area contributed by atoms with Gasteiger partial charge in [0.1, 0.15) is 5.25 Å². The van der Waals surface area contributed by atoms with Crippen LogP contribution in [-0.4, -0.2) is 36.4 Å². The number of carbonyl (C=O) groups excluding carboxylic acids is 1. The summed E-state index contributed by atoms with van der Waals surface area (Å²) in [6, 6.07) is 3.98. The number of anilines is 1. The van der Waals surface area contributed by atoms with Crippen LogP contribution in [0.1, 0.15) is 29.6 Å². The number of carboxylic acid groups (broad SMARTS) is 1. The maximum absolute atomic E-state index is 12.1. The zero-order valence-corrected chi connectivity index (χ0v) is 12.6. The Bertz CT molecular complexity index is 686.